The third kappa shape index (κ3) is 2.14. The van der Waals surface area contributed by atoms with Crippen molar-refractivity contribution in [3.8, 4) is 0 Å². The lowest BCUT2D eigenvalue weighted by molar-refractivity contribution is 1.30. The summed E-state index contributed by atoms with van der Waals surface area (Å²) in [6.07, 6.45) is 3.49. The molecule has 3 rings (SSSR count). The molecule has 0 fully saturated rings. The molecule has 2 heterocycles. The van der Waals surface area contributed by atoms with Crippen LogP contribution in [0.3, 0.4) is 0 Å². The van der Waals surface area contributed by atoms with E-state index in [-0.39, 0.29) is 0 Å². The van der Waals surface area contributed by atoms with Crippen LogP contribution >= 0.6 is 15.9 Å². The highest BCUT2D eigenvalue weighted by Gasteiger charge is 2.02. The second-order valence-corrected chi connectivity index (χ2v) is 4.53. The fourth-order valence-corrected chi connectivity index (χ4v) is 1.85. The predicted molar refractivity (Wildman–Crippen MR) is 71.3 cm³/mol. The van der Waals surface area contributed by atoms with Crippen molar-refractivity contribution in [3.05, 3.63) is 47.2 Å². The standard InChI is InChI=1S/C12H9BrN4/c13-8-1-3-9(4-2-8)15-12-16-10-5-6-14-7-11(10)17-12/h1-7H,(H2,15,16,17). The minimum atomic E-state index is 0.718. The Labute approximate surface area is 106 Å². The summed E-state index contributed by atoms with van der Waals surface area (Å²) >= 11 is 3.40. The van der Waals surface area contributed by atoms with Gasteiger partial charge in [-0.05, 0) is 30.3 Å². The molecule has 2 aromatic heterocycles. The summed E-state index contributed by atoms with van der Waals surface area (Å²) in [6, 6.07) is 9.79. The van der Waals surface area contributed by atoms with Crippen LogP contribution in [0.5, 0.6) is 0 Å². The molecule has 4 nitrogen and oxygen atoms in total. The van der Waals surface area contributed by atoms with Crippen LogP contribution in [0.2, 0.25) is 0 Å². The summed E-state index contributed by atoms with van der Waals surface area (Å²) in [7, 11) is 0. The van der Waals surface area contributed by atoms with Crippen molar-refractivity contribution in [1.29, 1.82) is 0 Å². The molecule has 0 radical (unpaired) electrons. The maximum absolute atomic E-state index is 4.41. The van der Waals surface area contributed by atoms with Crippen molar-refractivity contribution in [2.45, 2.75) is 0 Å². The van der Waals surface area contributed by atoms with Gasteiger partial charge in [0.25, 0.3) is 0 Å². The van der Waals surface area contributed by atoms with Crippen LogP contribution in [0.1, 0.15) is 0 Å². The number of imidazole rings is 1. The third-order valence-corrected chi connectivity index (χ3v) is 2.92. The number of aromatic nitrogens is 3. The van der Waals surface area contributed by atoms with Gasteiger partial charge in [0.2, 0.25) is 5.95 Å². The number of nitrogens with zero attached hydrogens (tertiary/aromatic N) is 2. The molecule has 1 aromatic carbocycles. The van der Waals surface area contributed by atoms with Crippen LogP contribution < -0.4 is 5.32 Å². The largest absolute Gasteiger partial charge is 0.326 e. The molecule has 0 aliphatic heterocycles. The fourth-order valence-electron chi connectivity index (χ4n) is 1.59. The Bertz CT molecular complexity index is 612. The van der Waals surface area contributed by atoms with Crippen molar-refractivity contribution in [2.24, 2.45) is 0 Å². The van der Waals surface area contributed by atoms with Gasteiger partial charge in [-0.1, -0.05) is 15.9 Å². The summed E-state index contributed by atoms with van der Waals surface area (Å²) in [5, 5.41) is 3.21. The summed E-state index contributed by atoms with van der Waals surface area (Å²) in [4.78, 5) is 11.6. The first kappa shape index (κ1) is 10.3. The van der Waals surface area contributed by atoms with E-state index in [2.05, 4.69) is 36.2 Å². The first-order chi connectivity index (χ1) is 8.31. The van der Waals surface area contributed by atoms with E-state index in [1.807, 2.05) is 30.3 Å². The normalized spacial score (nSPS) is 10.6. The lowest BCUT2D eigenvalue weighted by atomic mass is 10.3. The number of H-pyrrole nitrogens is 1. The smallest absolute Gasteiger partial charge is 0.205 e. The van der Waals surface area contributed by atoms with Gasteiger partial charge in [0, 0.05) is 16.4 Å². The van der Waals surface area contributed by atoms with Gasteiger partial charge in [-0.25, -0.2) is 4.98 Å². The highest BCUT2D eigenvalue weighted by molar-refractivity contribution is 9.10. The molecule has 0 saturated carbocycles. The van der Waals surface area contributed by atoms with E-state index in [0.717, 1.165) is 27.1 Å². The number of nitrogens with one attached hydrogen (secondary N) is 2. The van der Waals surface area contributed by atoms with Crippen molar-refractivity contribution < 1.29 is 0 Å². The Kier molecular flexibility index (Phi) is 2.53. The summed E-state index contributed by atoms with van der Waals surface area (Å²) in [6.45, 7) is 0. The van der Waals surface area contributed by atoms with Gasteiger partial charge in [-0.2, -0.15) is 0 Å². The number of rotatable bonds is 2. The van der Waals surface area contributed by atoms with Gasteiger partial charge in [0.05, 0.1) is 17.2 Å². The van der Waals surface area contributed by atoms with E-state index in [1.165, 1.54) is 0 Å². The van der Waals surface area contributed by atoms with Gasteiger partial charge in [0.15, 0.2) is 0 Å². The fraction of sp³-hybridized carbons (Fsp3) is 0. The molecule has 5 heteroatoms. The van der Waals surface area contributed by atoms with E-state index >= 15 is 0 Å². The first-order valence-electron chi connectivity index (χ1n) is 5.13. The maximum atomic E-state index is 4.41. The molecule has 0 amide bonds. The highest BCUT2D eigenvalue weighted by Crippen LogP contribution is 2.19. The zero-order valence-corrected chi connectivity index (χ0v) is 10.4. The Morgan fingerprint density at radius 3 is 2.71 bits per heavy atom. The summed E-state index contributed by atoms with van der Waals surface area (Å²) in [5.41, 5.74) is 2.81. The Morgan fingerprint density at radius 1 is 1.12 bits per heavy atom. The molecule has 0 aliphatic carbocycles. The topological polar surface area (TPSA) is 53.6 Å². The Balaban J connectivity index is 1.92. The van der Waals surface area contributed by atoms with Crippen LogP contribution in [-0.4, -0.2) is 15.0 Å². The Morgan fingerprint density at radius 2 is 1.94 bits per heavy atom. The van der Waals surface area contributed by atoms with Crippen LogP contribution in [0.25, 0.3) is 11.0 Å². The first-order valence-corrected chi connectivity index (χ1v) is 5.93. The second-order valence-electron chi connectivity index (χ2n) is 3.61. The van der Waals surface area contributed by atoms with Crippen molar-refractivity contribution in [3.63, 3.8) is 0 Å². The molecule has 0 spiro atoms. The van der Waals surface area contributed by atoms with Crippen LogP contribution in [-0.2, 0) is 0 Å². The average Bonchev–Trinajstić information content (AvgIpc) is 2.74. The van der Waals surface area contributed by atoms with Gasteiger partial charge in [-0.15, -0.1) is 0 Å². The van der Waals surface area contributed by atoms with Gasteiger partial charge in [0.1, 0.15) is 0 Å². The third-order valence-electron chi connectivity index (χ3n) is 2.39. The summed E-state index contributed by atoms with van der Waals surface area (Å²) < 4.78 is 1.05. The highest BCUT2D eigenvalue weighted by atomic mass is 79.9. The zero-order valence-electron chi connectivity index (χ0n) is 8.81. The van der Waals surface area contributed by atoms with E-state index in [9.17, 15) is 0 Å². The lowest BCUT2D eigenvalue weighted by Gasteiger charge is -2.01. The van der Waals surface area contributed by atoms with Crippen molar-refractivity contribution in [1.82, 2.24) is 15.0 Å². The number of anilines is 2. The molecule has 0 saturated heterocycles. The second kappa shape index (κ2) is 4.18. The van der Waals surface area contributed by atoms with Crippen molar-refractivity contribution in [2.75, 3.05) is 5.32 Å². The molecule has 0 atom stereocenters. The van der Waals surface area contributed by atoms with Crippen LogP contribution in [0, 0.1) is 0 Å². The number of hydrogen-bond donors (Lipinski definition) is 2. The minimum absolute atomic E-state index is 0.718. The molecule has 0 bridgehead atoms. The number of halogens is 1. The quantitative estimate of drug-likeness (QED) is 0.759. The summed E-state index contributed by atoms with van der Waals surface area (Å²) in [5.74, 6) is 0.718. The van der Waals surface area contributed by atoms with Gasteiger partial charge < -0.3 is 10.3 Å². The van der Waals surface area contributed by atoms with Gasteiger partial charge in [-0.3, -0.25) is 4.98 Å². The average molecular weight is 289 g/mol. The molecule has 17 heavy (non-hydrogen) atoms. The number of fused-ring (bicyclic) bond motifs is 1. The molecule has 0 unspecified atom stereocenters. The Hall–Kier alpha value is -1.88. The molecular weight excluding hydrogens is 280 g/mol. The van der Waals surface area contributed by atoms with E-state index in [1.54, 1.807) is 12.4 Å². The zero-order chi connectivity index (χ0) is 11.7. The predicted octanol–water partition coefficient (Wildman–Crippen LogP) is 3.46. The number of benzene rings is 1. The monoisotopic (exact) mass is 288 g/mol. The number of hydrogen-bond acceptors (Lipinski definition) is 3. The van der Waals surface area contributed by atoms with Crippen LogP contribution in [0.4, 0.5) is 11.6 Å². The number of pyridine rings is 1. The lowest BCUT2D eigenvalue weighted by Crippen LogP contribution is -1.91. The molecule has 3 aromatic rings. The molecule has 0 aliphatic rings. The number of aromatic amines is 1. The van der Waals surface area contributed by atoms with E-state index in [4.69, 9.17) is 0 Å². The maximum Gasteiger partial charge on any atom is 0.205 e. The van der Waals surface area contributed by atoms with E-state index < -0.39 is 0 Å². The van der Waals surface area contributed by atoms with Gasteiger partial charge >= 0.3 is 0 Å². The van der Waals surface area contributed by atoms with Crippen LogP contribution in [0.15, 0.2) is 47.2 Å². The minimum Gasteiger partial charge on any atom is -0.326 e. The van der Waals surface area contributed by atoms with E-state index in [0.29, 0.717) is 0 Å². The molecular formula is C12H9BrN4. The van der Waals surface area contributed by atoms with Crippen molar-refractivity contribution >= 4 is 38.6 Å². The SMILES string of the molecule is Brc1ccc(Nc2nc3ccncc3[nH]2)cc1. The molecule has 2 N–H and O–H groups in total. The molecule has 84 valence electrons.